The van der Waals surface area contributed by atoms with Crippen molar-refractivity contribution in [2.45, 2.75) is 38.6 Å². The van der Waals surface area contributed by atoms with Crippen LogP contribution in [0, 0.1) is 0 Å². The number of hydrogen-bond acceptors (Lipinski definition) is 9. The molecule has 5 aromatic rings. The molecule has 5 rings (SSSR count). The lowest BCUT2D eigenvalue weighted by atomic mass is 9.99. The van der Waals surface area contributed by atoms with Crippen LogP contribution in [0.15, 0.2) is 72.8 Å². The van der Waals surface area contributed by atoms with Crippen molar-refractivity contribution in [2.75, 3.05) is 59.2 Å². The van der Waals surface area contributed by atoms with Gasteiger partial charge < -0.3 is 52.2 Å². The van der Waals surface area contributed by atoms with Crippen molar-refractivity contribution in [3.05, 3.63) is 72.8 Å². The fourth-order valence-corrected chi connectivity index (χ4v) is 5.86. The number of aromatic nitrogens is 1. The number of rotatable bonds is 21. The fraction of sp³-hybridized carbons (Fsp3) is 0.385. The number of nitrogens with zero attached hydrogens (tertiary/aromatic N) is 1. The summed E-state index contributed by atoms with van der Waals surface area (Å²) in [6.07, 6.45) is 3.96. The van der Waals surface area contributed by atoms with Gasteiger partial charge in [0.05, 0.1) is 26.4 Å². The third kappa shape index (κ3) is 9.44. The molecule has 0 radical (unpaired) electrons. The minimum Gasteiger partial charge on any atom is -0.493 e. The summed E-state index contributed by atoms with van der Waals surface area (Å²) < 4.78 is 26.7. The average Bonchev–Trinajstić information content (AvgIpc) is 3.43. The molecule has 49 heavy (non-hydrogen) atoms. The minimum absolute atomic E-state index is 0.539. The van der Waals surface area contributed by atoms with Crippen LogP contribution in [0.3, 0.4) is 0 Å². The molecule has 262 valence electrons. The fourth-order valence-electron chi connectivity index (χ4n) is 5.86. The van der Waals surface area contributed by atoms with Crippen LogP contribution in [0.2, 0.25) is 0 Å². The van der Waals surface area contributed by atoms with Gasteiger partial charge in [-0.2, -0.15) is 0 Å². The monoisotopic (exact) mass is 668 g/mol. The van der Waals surface area contributed by atoms with E-state index in [0.717, 1.165) is 106 Å². The summed E-state index contributed by atoms with van der Waals surface area (Å²) in [5.41, 5.74) is 35.3. The first kappa shape index (κ1) is 36.0. The van der Waals surface area contributed by atoms with Crippen molar-refractivity contribution in [1.82, 2.24) is 4.57 Å². The first-order chi connectivity index (χ1) is 24.1. The average molecular weight is 669 g/mol. The molecule has 1 heterocycles. The highest BCUT2D eigenvalue weighted by molar-refractivity contribution is 6.10. The summed E-state index contributed by atoms with van der Waals surface area (Å²) in [6, 6.07) is 25.4. The maximum Gasteiger partial charge on any atom is 0.123 e. The van der Waals surface area contributed by atoms with Crippen LogP contribution in [0.1, 0.15) is 32.1 Å². The van der Waals surface area contributed by atoms with Crippen molar-refractivity contribution < 1.29 is 18.9 Å². The van der Waals surface area contributed by atoms with Crippen LogP contribution in [-0.2, 0) is 6.54 Å². The lowest BCUT2D eigenvalue weighted by Crippen LogP contribution is -2.07. The van der Waals surface area contributed by atoms with Crippen molar-refractivity contribution in [3.8, 4) is 45.3 Å². The topological polar surface area (TPSA) is 172 Å². The van der Waals surface area contributed by atoms with E-state index < -0.39 is 0 Å². The van der Waals surface area contributed by atoms with Gasteiger partial charge in [0.25, 0.3) is 0 Å². The molecule has 1 aromatic heterocycles. The van der Waals surface area contributed by atoms with E-state index in [9.17, 15) is 0 Å². The van der Waals surface area contributed by atoms with Crippen molar-refractivity contribution >= 4 is 21.8 Å². The lowest BCUT2D eigenvalue weighted by molar-refractivity contribution is 0.298. The van der Waals surface area contributed by atoms with Crippen LogP contribution in [0.5, 0.6) is 23.0 Å². The summed E-state index contributed by atoms with van der Waals surface area (Å²) in [5.74, 6) is 3.00. The molecule has 10 nitrogen and oxygen atoms in total. The Balaban J connectivity index is 1.60. The van der Waals surface area contributed by atoms with E-state index in [1.165, 1.54) is 0 Å². The van der Waals surface area contributed by atoms with Gasteiger partial charge in [0.1, 0.15) is 23.0 Å². The normalized spacial score (nSPS) is 11.4. The molecule has 0 saturated carbocycles. The van der Waals surface area contributed by atoms with Gasteiger partial charge in [0, 0.05) is 40.5 Å². The molecule has 0 fully saturated rings. The molecule has 0 atom stereocenters. The van der Waals surface area contributed by atoms with Gasteiger partial charge in [-0.05, 0) is 136 Å². The number of ether oxygens (including phenoxy) is 4. The van der Waals surface area contributed by atoms with E-state index in [1.54, 1.807) is 0 Å². The van der Waals surface area contributed by atoms with Crippen LogP contribution in [0.4, 0.5) is 0 Å². The lowest BCUT2D eigenvalue weighted by Gasteiger charge is -2.13. The second-order valence-electron chi connectivity index (χ2n) is 12.1. The highest BCUT2D eigenvalue weighted by Gasteiger charge is 2.15. The van der Waals surface area contributed by atoms with E-state index in [-0.39, 0.29) is 0 Å². The van der Waals surface area contributed by atoms with Crippen LogP contribution >= 0.6 is 0 Å². The summed E-state index contributed by atoms with van der Waals surface area (Å²) in [4.78, 5) is 0. The Morgan fingerprint density at radius 3 is 1.06 bits per heavy atom. The molecule has 0 amide bonds. The van der Waals surface area contributed by atoms with Crippen molar-refractivity contribution in [1.29, 1.82) is 0 Å². The molecular weight excluding hydrogens is 616 g/mol. The summed E-state index contributed by atoms with van der Waals surface area (Å²) in [5, 5.41) is 2.31. The maximum atomic E-state index is 6.07. The maximum absolute atomic E-state index is 6.07. The van der Waals surface area contributed by atoms with Crippen LogP contribution in [-0.4, -0.2) is 63.7 Å². The van der Waals surface area contributed by atoms with E-state index in [0.29, 0.717) is 59.2 Å². The highest BCUT2D eigenvalue weighted by Crippen LogP contribution is 2.38. The molecule has 10 heteroatoms. The molecule has 0 aliphatic rings. The standard InChI is InChI=1S/C39H52N6O4/c40-10-1-15-45-38-8-6-28(30-20-32(46-16-2-11-41)26-33(21-30)47-17-3-12-42)24-36(38)37-25-29(7-9-39(37)45)31-22-34(48-18-4-13-43)27-35(23-31)49-19-5-14-44/h6-9,20-27H,1-5,10-19,40-44H2. The molecule has 0 bridgehead atoms. The zero-order chi connectivity index (χ0) is 34.4. The number of nitrogens with two attached hydrogens (primary N) is 5. The van der Waals surface area contributed by atoms with E-state index in [2.05, 4.69) is 65.2 Å². The zero-order valence-electron chi connectivity index (χ0n) is 28.5. The Bertz CT molecular complexity index is 1610. The van der Waals surface area contributed by atoms with Gasteiger partial charge in [-0.1, -0.05) is 12.1 Å². The zero-order valence-corrected chi connectivity index (χ0v) is 28.5. The Morgan fingerprint density at radius 2 is 0.735 bits per heavy atom. The molecule has 0 aliphatic carbocycles. The third-order valence-corrected chi connectivity index (χ3v) is 8.35. The van der Waals surface area contributed by atoms with Gasteiger partial charge in [0.15, 0.2) is 0 Å². The predicted molar refractivity (Wildman–Crippen MR) is 201 cm³/mol. The van der Waals surface area contributed by atoms with Crippen molar-refractivity contribution in [2.24, 2.45) is 28.7 Å². The van der Waals surface area contributed by atoms with E-state index >= 15 is 0 Å². The van der Waals surface area contributed by atoms with E-state index in [4.69, 9.17) is 47.6 Å². The van der Waals surface area contributed by atoms with E-state index in [1.807, 2.05) is 12.1 Å². The molecule has 0 aliphatic heterocycles. The third-order valence-electron chi connectivity index (χ3n) is 8.35. The highest BCUT2D eigenvalue weighted by atomic mass is 16.5. The molecule has 4 aromatic carbocycles. The molecule has 0 unspecified atom stereocenters. The molecule has 0 saturated heterocycles. The van der Waals surface area contributed by atoms with Gasteiger partial charge >= 0.3 is 0 Å². The Labute approximate surface area is 289 Å². The van der Waals surface area contributed by atoms with Crippen LogP contribution < -0.4 is 47.6 Å². The number of hydrogen-bond donors (Lipinski definition) is 5. The molecule has 10 N–H and O–H groups in total. The first-order valence-electron chi connectivity index (χ1n) is 17.5. The van der Waals surface area contributed by atoms with Crippen LogP contribution in [0.25, 0.3) is 44.1 Å². The Morgan fingerprint density at radius 1 is 0.388 bits per heavy atom. The number of benzene rings is 4. The van der Waals surface area contributed by atoms with Gasteiger partial charge in [-0.15, -0.1) is 0 Å². The minimum atomic E-state index is 0.539. The second-order valence-corrected chi connectivity index (χ2v) is 12.1. The SMILES string of the molecule is NCCCOc1cc(OCCCN)cc(-c2ccc3c(c2)c2cc(-c4cc(OCCCN)cc(OCCCN)c4)ccc2n3CCCN)c1. The quantitative estimate of drug-likeness (QED) is 0.0643. The van der Waals surface area contributed by atoms with Gasteiger partial charge in [0.2, 0.25) is 0 Å². The second kappa shape index (κ2) is 18.4. The van der Waals surface area contributed by atoms with Crippen molar-refractivity contribution in [3.63, 3.8) is 0 Å². The largest absolute Gasteiger partial charge is 0.493 e. The number of aryl methyl sites for hydroxylation is 1. The molecular formula is C39H52N6O4. The summed E-state index contributed by atoms with van der Waals surface area (Å²) in [6.45, 7) is 5.88. The first-order valence-corrected chi connectivity index (χ1v) is 17.5. The molecule has 0 spiro atoms. The number of fused-ring (bicyclic) bond motifs is 3. The summed E-state index contributed by atoms with van der Waals surface area (Å²) >= 11 is 0. The predicted octanol–water partition coefficient (Wildman–Crippen LogP) is 5.39. The van der Waals surface area contributed by atoms with Gasteiger partial charge in [-0.3, -0.25) is 0 Å². The summed E-state index contributed by atoms with van der Waals surface area (Å²) in [7, 11) is 0. The smallest absolute Gasteiger partial charge is 0.123 e. The Kier molecular flexibility index (Phi) is 13.5. The van der Waals surface area contributed by atoms with Gasteiger partial charge in [-0.25, -0.2) is 0 Å². The Hall–Kier alpha value is -4.32.